The van der Waals surface area contributed by atoms with Crippen molar-refractivity contribution < 1.29 is 4.42 Å². The maximum absolute atomic E-state index is 13.2. The summed E-state index contributed by atoms with van der Waals surface area (Å²) >= 11 is 12.0. The molecule has 0 N–H and O–H groups in total. The van der Waals surface area contributed by atoms with E-state index in [1.165, 1.54) is 0 Å². The van der Waals surface area contributed by atoms with Gasteiger partial charge in [-0.1, -0.05) is 47.5 Å². The van der Waals surface area contributed by atoms with Crippen molar-refractivity contribution in [3.05, 3.63) is 93.1 Å². The summed E-state index contributed by atoms with van der Waals surface area (Å²) < 4.78 is 6.11. The van der Waals surface area contributed by atoms with Gasteiger partial charge in [0, 0.05) is 15.6 Å². The van der Waals surface area contributed by atoms with Crippen molar-refractivity contribution in [1.82, 2.24) is 0 Å². The van der Waals surface area contributed by atoms with Crippen LogP contribution in [-0.4, -0.2) is 0 Å². The topological polar surface area (TPSA) is 30.2 Å². The van der Waals surface area contributed by atoms with Gasteiger partial charge in [0.15, 0.2) is 0 Å². The molecule has 0 aliphatic heterocycles. The van der Waals surface area contributed by atoms with Crippen molar-refractivity contribution in [3.63, 3.8) is 0 Å². The van der Waals surface area contributed by atoms with Gasteiger partial charge < -0.3 is 4.42 Å². The second-order valence-corrected chi connectivity index (χ2v) is 6.52. The van der Waals surface area contributed by atoms with E-state index >= 15 is 0 Å². The number of benzene rings is 3. The van der Waals surface area contributed by atoms with Gasteiger partial charge in [-0.25, -0.2) is 0 Å². The van der Waals surface area contributed by atoms with Crippen LogP contribution in [0.5, 0.6) is 0 Å². The summed E-state index contributed by atoms with van der Waals surface area (Å²) in [5.74, 6) is 0.516. The fraction of sp³-hybridized carbons (Fsp3) is 0. The summed E-state index contributed by atoms with van der Waals surface area (Å²) in [6, 6.07) is 21.6. The molecule has 0 spiro atoms. The lowest BCUT2D eigenvalue weighted by Crippen LogP contribution is -2.07. The molecule has 0 saturated heterocycles. The molecule has 0 amide bonds. The zero-order chi connectivity index (χ0) is 17.4. The van der Waals surface area contributed by atoms with Crippen LogP contribution in [0.3, 0.4) is 0 Å². The van der Waals surface area contributed by atoms with E-state index in [0.29, 0.717) is 32.3 Å². The molecule has 0 fully saturated rings. The van der Waals surface area contributed by atoms with Crippen LogP contribution in [0.2, 0.25) is 10.0 Å². The zero-order valence-corrected chi connectivity index (χ0v) is 14.5. The van der Waals surface area contributed by atoms with Gasteiger partial charge in [0.05, 0.1) is 10.9 Å². The van der Waals surface area contributed by atoms with Crippen molar-refractivity contribution in [2.24, 2.45) is 0 Å². The van der Waals surface area contributed by atoms with Gasteiger partial charge in [0.2, 0.25) is 5.43 Å². The molecule has 1 aromatic heterocycles. The molecular formula is C21H12Cl2O2. The molecule has 0 unspecified atom stereocenters. The molecule has 0 atom stereocenters. The van der Waals surface area contributed by atoms with Crippen molar-refractivity contribution in [2.45, 2.75) is 0 Å². The van der Waals surface area contributed by atoms with Crippen LogP contribution in [0.25, 0.3) is 33.4 Å². The highest BCUT2D eigenvalue weighted by Gasteiger charge is 2.17. The molecule has 4 aromatic rings. The van der Waals surface area contributed by atoms with Crippen LogP contribution in [0.1, 0.15) is 0 Å². The van der Waals surface area contributed by atoms with Gasteiger partial charge in [-0.2, -0.15) is 0 Å². The number of fused-ring (bicyclic) bond motifs is 1. The molecule has 0 bridgehead atoms. The number of halogens is 2. The Balaban J connectivity index is 2.09. The molecule has 25 heavy (non-hydrogen) atoms. The predicted octanol–water partition coefficient (Wildman–Crippen LogP) is 6.43. The molecule has 122 valence electrons. The minimum atomic E-state index is -0.0749. The summed E-state index contributed by atoms with van der Waals surface area (Å²) in [5, 5.41) is 1.78. The van der Waals surface area contributed by atoms with Gasteiger partial charge in [-0.05, 0) is 54.1 Å². The second-order valence-electron chi connectivity index (χ2n) is 5.65. The lowest BCUT2D eigenvalue weighted by molar-refractivity contribution is 0.621. The first-order valence-electron chi connectivity index (χ1n) is 7.71. The summed E-state index contributed by atoms with van der Waals surface area (Å²) in [6.07, 6.45) is 0. The fourth-order valence-electron chi connectivity index (χ4n) is 2.83. The van der Waals surface area contributed by atoms with Gasteiger partial charge in [-0.15, -0.1) is 0 Å². The van der Waals surface area contributed by atoms with E-state index in [0.717, 1.165) is 11.1 Å². The molecule has 2 nitrogen and oxygen atoms in total. The zero-order valence-electron chi connectivity index (χ0n) is 13.0. The van der Waals surface area contributed by atoms with Gasteiger partial charge in [0.1, 0.15) is 11.3 Å². The van der Waals surface area contributed by atoms with Crippen LogP contribution in [0.4, 0.5) is 0 Å². The third-order valence-electron chi connectivity index (χ3n) is 4.04. The van der Waals surface area contributed by atoms with Crippen molar-refractivity contribution in [2.75, 3.05) is 0 Å². The molecule has 0 aliphatic rings. The molecule has 3 aromatic carbocycles. The SMILES string of the molecule is O=c1c(-c2ccc(Cl)cc2)c(-c2ccc(Cl)cc2)oc2ccccc12. The first kappa shape index (κ1) is 15.9. The molecule has 0 saturated carbocycles. The quantitative estimate of drug-likeness (QED) is 0.408. The van der Waals surface area contributed by atoms with E-state index in [1.54, 1.807) is 36.4 Å². The van der Waals surface area contributed by atoms with E-state index in [4.69, 9.17) is 27.6 Å². The Kier molecular flexibility index (Phi) is 4.08. The van der Waals surface area contributed by atoms with Gasteiger partial charge >= 0.3 is 0 Å². The van der Waals surface area contributed by atoms with Crippen LogP contribution < -0.4 is 5.43 Å². The smallest absolute Gasteiger partial charge is 0.201 e. The van der Waals surface area contributed by atoms with Crippen LogP contribution in [0, 0.1) is 0 Å². The van der Waals surface area contributed by atoms with Crippen molar-refractivity contribution >= 4 is 34.2 Å². The Bertz CT molecular complexity index is 1110. The number of hydrogen-bond acceptors (Lipinski definition) is 2. The summed E-state index contributed by atoms with van der Waals surface area (Å²) in [4.78, 5) is 13.2. The normalized spacial score (nSPS) is 11.0. The molecular weight excluding hydrogens is 355 g/mol. The molecule has 0 aliphatic carbocycles. The lowest BCUT2D eigenvalue weighted by atomic mass is 9.98. The largest absolute Gasteiger partial charge is 0.455 e. The average molecular weight is 367 g/mol. The third-order valence-corrected chi connectivity index (χ3v) is 4.54. The van der Waals surface area contributed by atoms with E-state index < -0.39 is 0 Å². The Morgan fingerprint density at radius 2 is 1.24 bits per heavy atom. The van der Waals surface area contributed by atoms with Crippen LogP contribution in [-0.2, 0) is 0 Å². The highest BCUT2D eigenvalue weighted by molar-refractivity contribution is 6.31. The summed E-state index contributed by atoms with van der Waals surface area (Å²) in [5.41, 5.74) is 2.54. The minimum Gasteiger partial charge on any atom is -0.455 e. The maximum atomic E-state index is 13.2. The molecule has 4 rings (SSSR count). The van der Waals surface area contributed by atoms with E-state index in [2.05, 4.69) is 0 Å². The number of hydrogen-bond donors (Lipinski definition) is 0. The predicted molar refractivity (Wildman–Crippen MR) is 103 cm³/mol. The van der Waals surface area contributed by atoms with E-state index in [9.17, 15) is 4.79 Å². The summed E-state index contributed by atoms with van der Waals surface area (Å²) in [7, 11) is 0. The first-order valence-corrected chi connectivity index (χ1v) is 8.47. The Hall–Kier alpha value is -2.55. The standard InChI is InChI=1S/C21H12Cl2O2/c22-15-9-5-13(6-10-15)19-20(24)17-3-1-2-4-18(17)25-21(19)14-7-11-16(23)12-8-14/h1-12H. The third kappa shape index (κ3) is 2.95. The Morgan fingerprint density at radius 3 is 1.88 bits per heavy atom. The molecule has 0 radical (unpaired) electrons. The second kappa shape index (κ2) is 6.40. The monoisotopic (exact) mass is 366 g/mol. The number of para-hydroxylation sites is 1. The number of rotatable bonds is 2. The maximum Gasteiger partial charge on any atom is 0.201 e. The van der Waals surface area contributed by atoms with Crippen LogP contribution in [0.15, 0.2) is 82.0 Å². The Morgan fingerprint density at radius 1 is 0.680 bits per heavy atom. The Labute approximate surface area is 154 Å². The fourth-order valence-corrected chi connectivity index (χ4v) is 3.08. The minimum absolute atomic E-state index is 0.0749. The van der Waals surface area contributed by atoms with Crippen molar-refractivity contribution in [1.29, 1.82) is 0 Å². The van der Waals surface area contributed by atoms with Crippen molar-refractivity contribution in [3.8, 4) is 22.5 Å². The highest BCUT2D eigenvalue weighted by atomic mass is 35.5. The summed E-state index contributed by atoms with van der Waals surface area (Å²) in [6.45, 7) is 0. The molecule has 1 heterocycles. The molecule has 4 heteroatoms. The highest BCUT2D eigenvalue weighted by Crippen LogP contribution is 2.33. The van der Waals surface area contributed by atoms with Crippen LogP contribution >= 0.6 is 23.2 Å². The van der Waals surface area contributed by atoms with E-state index in [1.807, 2.05) is 36.4 Å². The van der Waals surface area contributed by atoms with Gasteiger partial charge in [0.25, 0.3) is 0 Å². The van der Waals surface area contributed by atoms with Gasteiger partial charge in [-0.3, -0.25) is 4.79 Å². The lowest BCUT2D eigenvalue weighted by Gasteiger charge is -2.11. The first-order chi connectivity index (χ1) is 12.1. The van der Waals surface area contributed by atoms with E-state index in [-0.39, 0.29) is 5.43 Å². The average Bonchev–Trinajstić information content (AvgIpc) is 2.63.